The summed E-state index contributed by atoms with van der Waals surface area (Å²) in [6, 6.07) is 5.55. The van der Waals surface area contributed by atoms with Gasteiger partial charge < -0.3 is 9.47 Å². The van der Waals surface area contributed by atoms with Crippen molar-refractivity contribution in [2.75, 3.05) is 0 Å². The molecule has 2 aliphatic heterocycles. The summed E-state index contributed by atoms with van der Waals surface area (Å²) < 4.78 is 12.5. The van der Waals surface area contributed by atoms with Gasteiger partial charge in [0.15, 0.2) is 0 Å². The Morgan fingerprint density at radius 1 is 1.29 bits per heavy atom. The van der Waals surface area contributed by atoms with E-state index in [4.69, 9.17) is 32.7 Å². The van der Waals surface area contributed by atoms with Crippen LogP contribution in [0.3, 0.4) is 0 Å². The number of halogens is 2. The number of fused-ring (bicyclic) bond motifs is 2. The molecular formula is C17H22Cl2O2. The van der Waals surface area contributed by atoms with Crippen molar-refractivity contribution in [1.29, 1.82) is 0 Å². The Kier molecular flexibility index (Phi) is 4.03. The molecule has 2 nitrogen and oxygen atoms in total. The van der Waals surface area contributed by atoms with Gasteiger partial charge in [-0.05, 0) is 37.8 Å². The summed E-state index contributed by atoms with van der Waals surface area (Å²) in [6.45, 7) is 7.08. The van der Waals surface area contributed by atoms with Crippen molar-refractivity contribution in [2.45, 2.75) is 63.9 Å². The second-order valence-electron chi connectivity index (χ2n) is 6.84. The van der Waals surface area contributed by atoms with Crippen LogP contribution in [0.1, 0.15) is 45.6 Å². The standard InChI is InChI=1S/C17H22Cl2O2/c1-11(2)17-8-7-16(3,21-17)15(9-17)20-10-12-13(18)5-4-6-14(12)19/h4-6,11,15H,7-10H2,1-3H3. The van der Waals surface area contributed by atoms with Gasteiger partial charge in [-0.25, -0.2) is 0 Å². The van der Waals surface area contributed by atoms with Crippen molar-refractivity contribution in [3.05, 3.63) is 33.8 Å². The largest absolute Gasteiger partial charge is 0.370 e. The Balaban J connectivity index is 1.73. The normalized spacial score (nSPS) is 34.9. The quantitative estimate of drug-likeness (QED) is 0.751. The average Bonchev–Trinajstić information content (AvgIpc) is 2.90. The lowest BCUT2D eigenvalue weighted by molar-refractivity contribution is -0.0959. The number of rotatable bonds is 4. The van der Waals surface area contributed by atoms with E-state index >= 15 is 0 Å². The highest BCUT2D eigenvalue weighted by Gasteiger charge is 2.60. The first-order valence-electron chi connectivity index (χ1n) is 7.61. The van der Waals surface area contributed by atoms with Crippen LogP contribution >= 0.6 is 23.2 Å². The third kappa shape index (κ3) is 2.61. The molecule has 21 heavy (non-hydrogen) atoms. The van der Waals surface area contributed by atoms with E-state index < -0.39 is 0 Å². The van der Waals surface area contributed by atoms with Crippen molar-refractivity contribution in [3.63, 3.8) is 0 Å². The predicted molar refractivity (Wildman–Crippen MR) is 85.9 cm³/mol. The SMILES string of the molecule is CC(C)C12CCC(C)(O1)C(OCc1c(Cl)cccc1Cl)C2. The first-order chi connectivity index (χ1) is 9.86. The smallest absolute Gasteiger partial charge is 0.0924 e. The highest BCUT2D eigenvalue weighted by Crippen LogP contribution is 2.55. The van der Waals surface area contributed by atoms with E-state index in [0.29, 0.717) is 22.6 Å². The molecule has 0 N–H and O–H groups in total. The Morgan fingerprint density at radius 2 is 1.95 bits per heavy atom. The lowest BCUT2D eigenvalue weighted by Gasteiger charge is -2.31. The molecule has 2 saturated heterocycles. The summed E-state index contributed by atoms with van der Waals surface area (Å²) in [7, 11) is 0. The molecule has 0 spiro atoms. The van der Waals surface area contributed by atoms with Crippen molar-refractivity contribution in [2.24, 2.45) is 5.92 Å². The van der Waals surface area contributed by atoms with Crippen molar-refractivity contribution in [3.8, 4) is 0 Å². The van der Waals surface area contributed by atoms with Gasteiger partial charge in [0, 0.05) is 22.0 Å². The summed E-state index contributed by atoms with van der Waals surface area (Å²) in [4.78, 5) is 0. The Labute approximate surface area is 136 Å². The number of hydrogen-bond acceptors (Lipinski definition) is 2. The first-order valence-corrected chi connectivity index (χ1v) is 8.37. The van der Waals surface area contributed by atoms with Crippen LogP contribution in [0.25, 0.3) is 0 Å². The van der Waals surface area contributed by atoms with Crippen molar-refractivity contribution >= 4 is 23.2 Å². The van der Waals surface area contributed by atoms with E-state index in [9.17, 15) is 0 Å². The van der Waals surface area contributed by atoms with Crippen LogP contribution in [-0.2, 0) is 16.1 Å². The summed E-state index contributed by atoms with van der Waals surface area (Å²) in [6.07, 6.45) is 3.27. The molecule has 3 unspecified atom stereocenters. The van der Waals surface area contributed by atoms with Crippen LogP contribution in [-0.4, -0.2) is 17.3 Å². The molecule has 116 valence electrons. The van der Waals surface area contributed by atoms with E-state index in [-0.39, 0.29) is 17.3 Å². The fourth-order valence-electron chi connectivity index (χ4n) is 3.66. The monoisotopic (exact) mass is 328 g/mol. The minimum Gasteiger partial charge on any atom is -0.370 e. The number of ether oxygens (including phenoxy) is 2. The second-order valence-corrected chi connectivity index (χ2v) is 7.65. The molecule has 3 rings (SSSR count). The van der Waals surface area contributed by atoms with Gasteiger partial charge in [-0.1, -0.05) is 43.1 Å². The van der Waals surface area contributed by atoms with Crippen LogP contribution < -0.4 is 0 Å². The van der Waals surface area contributed by atoms with Gasteiger partial charge in [0.05, 0.1) is 23.9 Å². The molecule has 1 aromatic rings. The molecule has 0 amide bonds. The van der Waals surface area contributed by atoms with Gasteiger partial charge in [-0.2, -0.15) is 0 Å². The Hall–Kier alpha value is -0.280. The molecule has 2 fully saturated rings. The van der Waals surface area contributed by atoms with Crippen LogP contribution in [0.2, 0.25) is 10.0 Å². The fraction of sp³-hybridized carbons (Fsp3) is 0.647. The van der Waals surface area contributed by atoms with Crippen LogP contribution in [0.5, 0.6) is 0 Å². The van der Waals surface area contributed by atoms with Gasteiger partial charge in [0.25, 0.3) is 0 Å². The molecule has 0 radical (unpaired) electrons. The molecule has 0 aliphatic carbocycles. The maximum atomic E-state index is 6.38. The molecule has 2 aliphatic rings. The molecule has 0 aromatic heterocycles. The zero-order valence-electron chi connectivity index (χ0n) is 12.8. The van der Waals surface area contributed by atoms with E-state index in [1.54, 1.807) is 0 Å². The molecule has 4 heteroatoms. The Morgan fingerprint density at radius 3 is 2.52 bits per heavy atom. The first kappa shape index (κ1) is 15.6. The Bertz CT molecular complexity index is 525. The van der Waals surface area contributed by atoms with Crippen molar-refractivity contribution in [1.82, 2.24) is 0 Å². The molecule has 1 aromatic carbocycles. The topological polar surface area (TPSA) is 18.5 Å². The van der Waals surface area contributed by atoms with Crippen LogP contribution in [0, 0.1) is 5.92 Å². The van der Waals surface area contributed by atoms with E-state index in [0.717, 1.165) is 24.8 Å². The van der Waals surface area contributed by atoms with E-state index in [1.165, 1.54) is 0 Å². The highest BCUT2D eigenvalue weighted by atomic mass is 35.5. The molecule has 0 saturated carbocycles. The lowest BCUT2D eigenvalue weighted by atomic mass is 9.75. The number of hydrogen-bond donors (Lipinski definition) is 0. The minimum atomic E-state index is -0.169. The zero-order valence-corrected chi connectivity index (χ0v) is 14.3. The summed E-state index contributed by atoms with van der Waals surface area (Å²) in [5, 5.41) is 1.32. The van der Waals surface area contributed by atoms with Crippen LogP contribution in [0.15, 0.2) is 18.2 Å². The molecular weight excluding hydrogens is 307 g/mol. The van der Waals surface area contributed by atoms with Gasteiger partial charge in [0.2, 0.25) is 0 Å². The maximum Gasteiger partial charge on any atom is 0.0924 e. The van der Waals surface area contributed by atoms with Crippen molar-refractivity contribution < 1.29 is 9.47 Å². The maximum absolute atomic E-state index is 6.38. The zero-order chi connectivity index (χ0) is 15.3. The number of benzene rings is 1. The fourth-order valence-corrected chi connectivity index (χ4v) is 4.16. The summed E-state index contributed by atoms with van der Waals surface area (Å²) in [5.74, 6) is 0.511. The van der Waals surface area contributed by atoms with Gasteiger partial charge in [-0.15, -0.1) is 0 Å². The third-order valence-electron chi connectivity index (χ3n) is 5.24. The molecule has 2 bridgehead atoms. The van der Waals surface area contributed by atoms with Gasteiger partial charge in [-0.3, -0.25) is 0 Å². The van der Waals surface area contributed by atoms with E-state index in [2.05, 4.69) is 20.8 Å². The molecule has 3 atom stereocenters. The summed E-state index contributed by atoms with van der Waals surface area (Å²) in [5.41, 5.74) is 0.688. The predicted octanol–water partition coefficient (Wildman–Crippen LogP) is 5.25. The minimum absolute atomic E-state index is 0.0102. The lowest BCUT2D eigenvalue weighted by Crippen LogP contribution is -2.38. The summed E-state index contributed by atoms with van der Waals surface area (Å²) >= 11 is 12.4. The van der Waals surface area contributed by atoms with Gasteiger partial charge in [0.1, 0.15) is 0 Å². The van der Waals surface area contributed by atoms with Crippen LogP contribution in [0.4, 0.5) is 0 Å². The highest BCUT2D eigenvalue weighted by molar-refractivity contribution is 6.35. The second kappa shape index (κ2) is 5.42. The van der Waals surface area contributed by atoms with Gasteiger partial charge >= 0.3 is 0 Å². The van der Waals surface area contributed by atoms with E-state index in [1.807, 2.05) is 18.2 Å². The third-order valence-corrected chi connectivity index (χ3v) is 5.94. The average molecular weight is 329 g/mol. The molecule has 2 heterocycles.